The van der Waals surface area contributed by atoms with E-state index in [0.717, 1.165) is 12.8 Å². The smallest absolute Gasteiger partial charge is 0.287 e. The van der Waals surface area contributed by atoms with Gasteiger partial charge in [0.05, 0.1) is 11.0 Å². The summed E-state index contributed by atoms with van der Waals surface area (Å²) in [4.78, 5) is 9.97. The van der Waals surface area contributed by atoms with Gasteiger partial charge in [0.25, 0.3) is 5.69 Å². The molecule has 76 valence electrons. The van der Waals surface area contributed by atoms with Crippen LogP contribution in [0.3, 0.4) is 0 Å². The minimum atomic E-state index is -0.570. The fourth-order valence-electron chi connectivity index (χ4n) is 1.22. The van der Waals surface area contributed by atoms with Gasteiger partial charge in [-0.3, -0.25) is 10.1 Å². The minimum Gasteiger partial charge on any atom is -0.490 e. The topological polar surface area (TPSA) is 76.2 Å². The standard InChI is InChI=1S/C10H8N2O3/c11-6-7-5-9(15-8-1-2-8)3-4-10(7)12(13)14/h3-5,8H,1-2H2. The molecule has 0 aliphatic heterocycles. The summed E-state index contributed by atoms with van der Waals surface area (Å²) in [5.74, 6) is 0.527. The van der Waals surface area contributed by atoms with Gasteiger partial charge < -0.3 is 4.74 Å². The van der Waals surface area contributed by atoms with Gasteiger partial charge in [-0.15, -0.1) is 0 Å². The summed E-state index contributed by atoms with van der Waals surface area (Å²) in [7, 11) is 0. The summed E-state index contributed by atoms with van der Waals surface area (Å²) in [6, 6.07) is 6.03. The van der Waals surface area contributed by atoms with E-state index in [2.05, 4.69) is 0 Å². The normalized spacial score (nSPS) is 14.3. The van der Waals surface area contributed by atoms with Crippen molar-refractivity contribution in [1.29, 1.82) is 5.26 Å². The van der Waals surface area contributed by atoms with Gasteiger partial charge in [-0.2, -0.15) is 5.26 Å². The molecule has 1 fully saturated rings. The van der Waals surface area contributed by atoms with Gasteiger partial charge in [0.1, 0.15) is 17.4 Å². The highest BCUT2D eigenvalue weighted by molar-refractivity contribution is 5.52. The Balaban J connectivity index is 2.29. The molecule has 1 aromatic rings. The average molecular weight is 204 g/mol. The van der Waals surface area contributed by atoms with E-state index in [1.54, 1.807) is 6.07 Å². The maximum absolute atomic E-state index is 10.5. The fourth-order valence-corrected chi connectivity index (χ4v) is 1.22. The first kappa shape index (κ1) is 9.46. The zero-order chi connectivity index (χ0) is 10.8. The molecule has 0 spiro atoms. The molecule has 0 saturated heterocycles. The monoisotopic (exact) mass is 204 g/mol. The molecule has 5 heteroatoms. The Bertz CT molecular complexity index is 446. The van der Waals surface area contributed by atoms with Crippen LogP contribution in [0.1, 0.15) is 18.4 Å². The lowest BCUT2D eigenvalue weighted by Crippen LogP contribution is -1.98. The number of nitriles is 1. The second-order valence-corrected chi connectivity index (χ2v) is 3.37. The van der Waals surface area contributed by atoms with E-state index in [-0.39, 0.29) is 17.4 Å². The van der Waals surface area contributed by atoms with Crippen molar-refractivity contribution in [2.24, 2.45) is 0 Å². The van der Waals surface area contributed by atoms with Crippen LogP contribution in [0.25, 0.3) is 0 Å². The predicted octanol–water partition coefficient (Wildman–Crippen LogP) is 2.01. The molecular formula is C10H8N2O3. The van der Waals surface area contributed by atoms with E-state index in [0.29, 0.717) is 5.75 Å². The van der Waals surface area contributed by atoms with Crippen molar-refractivity contribution in [3.05, 3.63) is 33.9 Å². The number of nitro benzene ring substituents is 1. The van der Waals surface area contributed by atoms with E-state index in [4.69, 9.17) is 10.00 Å². The predicted molar refractivity (Wildman–Crippen MR) is 51.5 cm³/mol. The maximum atomic E-state index is 10.5. The van der Waals surface area contributed by atoms with Crippen LogP contribution in [0, 0.1) is 21.4 Å². The number of nitrogens with zero attached hydrogens (tertiary/aromatic N) is 2. The van der Waals surface area contributed by atoms with Gasteiger partial charge in [0.2, 0.25) is 0 Å². The Hall–Kier alpha value is -2.09. The molecule has 2 rings (SSSR count). The molecule has 0 N–H and O–H groups in total. The van der Waals surface area contributed by atoms with Crippen molar-refractivity contribution in [3.63, 3.8) is 0 Å². The molecule has 5 nitrogen and oxygen atoms in total. The quantitative estimate of drug-likeness (QED) is 0.557. The van der Waals surface area contributed by atoms with Gasteiger partial charge in [0.15, 0.2) is 0 Å². The zero-order valence-electron chi connectivity index (χ0n) is 7.84. The van der Waals surface area contributed by atoms with E-state index < -0.39 is 4.92 Å². The van der Waals surface area contributed by atoms with Crippen molar-refractivity contribution in [1.82, 2.24) is 0 Å². The highest BCUT2D eigenvalue weighted by Crippen LogP contribution is 2.29. The lowest BCUT2D eigenvalue weighted by molar-refractivity contribution is -0.385. The van der Waals surface area contributed by atoms with Gasteiger partial charge >= 0.3 is 0 Å². The molecule has 15 heavy (non-hydrogen) atoms. The molecule has 0 amide bonds. The molecule has 0 heterocycles. The Kier molecular flexibility index (Phi) is 2.26. The number of hydrogen-bond acceptors (Lipinski definition) is 4. The summed E-state index contributed by atoms with van der Waals surface area (Å²) in [6.07, 6.45) is 2.25. The first-order chi connectivity index (χ1) is 7.20. The fraction of sp³-hybridized carbons (Fsp3) is 0.300. The van der Waals surface area contributed by atoms with Crippen LogP contribution in [-0.2, 0) is 0 Å². The SMILES string of the molecule is N#Cc1cc(OC2CC2)ccc1[N+](=O)[O-]. The van der Waals surface area contributed by atoms with Gasteiger partial charge in [0, 0.05) is 12.1 Å². The lowest BCUT2D eigenvalue weighted by Gasteiger charge is -2.03. The number of rotatable bonds is 3. The van der Waals surface area contributed by atoms with E-state index in [1.807, 2.05) is 0 Å². The molecule has 0 bridgehead atoms. The van der Waals surface area contributed by atoms with Crippen LogP contribution in [0.4, 0.5) is 5.69 Å². The van der Waals surface area contributed by atoms with E-state index in [1.165, 1.54) is 18.2 Å². The van der Waals surface area contributed by atoms with Crippen LogP contribution in [-0.4, -0.2) is 11.0 Å². The molecular weight excluding hydrogens is 196 g/mol. The first-order valence-electron chi connectivity index (χ1n) is 4.56. The second kappa shape index (κ2) is 3.58. The summed E-state index contributed by atoms with van der Waals surface area (Å²) in [5, 5.41) is 19.3. The van der Waals surface area contributed by atoms with Crippen LogP contribution < -0.4 is 4.74 Å². The summed E-state index contributed by atoms with van der Waals surface area (Å²) in [6.45, 7) is 0. The van der Waals surface area contributed by atoms with Gasteiger partial charge in [-0.25, -0.2) is 0 Å². The highest BCUT2D eigenvalue weighted by atomic mass is 16.6. The molecule has 0 atom stereocenters. The summed E-state index contributed by atoms with van der Waals surface area (Å²) in [5.41, 5.74) is -0.140. The van der Waals surface area contributed by atoms with Crippen LogP contribution >= 0.6 is 0 Å². The average Bonchev–Trinajstić information content (AvgIpc) is 3.01. The third-order valence-electron chi connectivity index (χ3n) is 2.11. The number of benzene rings is 1. The summed E-state index contributed by atoms with van der Waals surface area (Å²) >= 11 is 0. The Morgan fingerprint density at radius 1 is 1.53 bits per heavy atom. The largest absolute Gasteiger partial charge is 0.490 e. The number of nitro groups is 1. The van der Waals surface area contributed by atoms with Crippen LogP contribution in [0.5, 0.6) is 5.75 Å². The summed E-state index contributed by atoms with van der Waals surface area (Å²) < 4.78 is 5.43. The van der Waals surface area contributed by atoms with E-state index >= 15 is 0 Å². The second-order valence-electron chi connectivity index (χ2n) is 3.37. The van der Waals surface area contributed by atoms with Crippen LogP contribution in [0.2, 0.25) is 0 Å². The van der Waals surface area contributed by atoms with Crippen molar-refractivity contribution >= 4 is 5.69 Å². The third kappa shape index (κ3) is 2.05. The molecule has 1 aliphatic carbocycles. The van der Waals surface area contributed by atoms with E-state index in [9.17, 15) is 10.1 Å². The number of hydrogen-bond donors (Lipinski definition) is 0. The molecule has 1 aliphatic rings. The lowest BCUT2D eigenvalue weighted by atomic mass is 10.2. The number of ether oxygens (including phenoxy) is 1. The zero-order valence-corrected chi connectivity index (χ0v) is 7.84. The van der Waals surface area contributed by atoms with Crippen molar-refractivity contribution in [2.75, 3.05) is 0 Å². The Morgan fingerprint density at radius 2 is 2.27 bits per heavy atom. The molecule has 0 radical (unpaired) electrons. The van der Waals surface area contributed by atoms with Crippen LogP contribution in [0.15, 0.2) is 18.2 Å². The molecule has 0 aromatic heterocycles. The van der Waals surface area contributed by atoms with Crippen molar-refractivity contribution in [2.45, 2.75) is 18.9 Å². The Labute approximate surface area is 86.0 Å². The highest BCUT2D eigenvalue weighted by Gasteiger charge is 2.24. The Morgan fingerprint density at radius 3 is 2.80 bits per heavy atom. The van der Waals surface area contributed by atoms with Crippen molar-refractivity contribution < 1.29 is 9.66 Å². The minimum absolute atomic E-state index is 0.0400. The molecule has 1 aromatic carbocycles. The van der Waals surface area contributed by atoms with Gasteiger partial charge in [-0.05, 0) is 18.9 Å². The molecule has 1 saturated carbocycles. The molecule has 0 unspecified atom stereocenters. The first-order valence-corrected chi connectivity index (χ1v) is 4.56. The van der Waals surface area contributed by atoms with Crippen molar-refractivity contribution in [3.8, 4) is 11.8 Å². The third-order valence-corrected chi connectivity index (χ3v) is 2.11. The van der Waals surface area contributed by atoms with Gasteiger partial charge in [-0.1, -0.05) is 0 Å². The maximum Gasteiger partial charge on any atom is 0.287 e.